The third kappa shape index (κ3) is 2.54. The van der Waals surface area contributed by atoms with Gasteiger partial charge in [0.15, 0.2) is 11.5 Å². The largest absolute Gasteiger partial charge is 0.504 e. The third-order valence-corrected chi connectivity index (χ3v) is 8.78. The third-order valence-electron chi connectivity index (χ3n) is 8.41. The zero-order valence-electron chi connectivity index (χ0n) is 17.1. The van der Waals surface area contributed by atoms with Crippen molar-refractivity contribution in [3.8, 4) is 11.5 Å². The molecule has 0 aromatic heterocycles. The number of hydrogen-bond acceptors (Lipinski definition) is 4. The maximum atomic E-state index is 12.6. The van der Waals surface area contributed by atoms with Crippen molar-refractivity contribution in [1.82, 2.24) is 10.2 Å². The quantitative estimate of drug-likeness (QED) is 0.558. The minimum Gasteiger partial charge on any atom is -0.504 e. The summed E-state index contributed by atoms with van der Waals surface area (Å²) in [6, 6.07) is 4.30. The summed E-state index contributed by atoms with van der Waals surface area (Å²) in [6.07, 6.45) is 8.05. The molecule has 1 saturated heterocycles. The molecule has 1 amide bonds. The Labute approximate surface area is 182 Å². The van der Waals surface area contributed by atoms with E-state index < -0.39 is 5.38 Å². The van der Waals surface area contributed by atoms with Crippen LogP contribution in [-0.4, -0.2) is 52.6 Å². The van der Waals surface area contributed by atoms with Gasteiger partial charge in [-0.05, 0) is 68.5 Å². The Morgan fingerprint density at radius 1 is 1.40 bits per heavy atom. The number of phenolic OH excluding ortho intramolecular Hbond substituents is 1. The van der Waals surface area contributed by atoms with Gasteiger partial charge in [0.05, 0.1) is 6.04 Å². The van der Waals surface area contributed by atoms with Gasteiger partial charge >= 0.3 is 0 Å². The number of halogens is 1. The van der Waals surface area contributed by atoms with E-state index in [-0.39, 0.29) is 29.2 Å². The van der Waals surface area contributed by atoms with Crippen molar-refractivity contribution in [2.24, 2.45) is 11.8 Å². The smallest absolute Gasteiger partial charge is 0.242 e. The summed E-state index contributed by atoms with van der Waals surface area (Å²) in [4.78, 5) is 15.3. The van der Waals surface area contributed by atoms with Crippen LogP contribution in [0.4, 0.5) is 0 Å². The molecule has 6 heteroatoms. The molecule has 2 saturated carbocycles. The number of ether oxygens (including phenoxy) is 1. The average Bonchev–Trinajstić information content (AvgIpc) is 3.49. The Morgan fingerprint density at radius 3 is 3.00 bits per heavy atom. The Hall–Kier alpha value is -1.72. The molecule has 3 aliphatic carbocycles. The number of hydrogen-bond donors (Lipinski definition) is 2. The number of carbonyl (C=O) groups is 1. The molecule has 0 radical (unpaired) electrons. The van der Waals surface area contributed by atoms with E-state index in [4.69, 9.17) is 16.3 Å². The predicted octanol–water partition coefficient (Wildman–Crippen LogP) is 3.12. The van der Waals surface area contributed by atoms with Gasteiger partial charge in [0.1, 0.15) is 11.5 Å². The SMILES string of the molecule is C=CC(Cl)C(=O)N[C@@H]1CCC2[C@H]3Cc4ccc(O)c5c4[C@@]2(CCN3CC2CC2)[C@H]1O5. The molecule has 1 spiro atoms. The van der Waals surface area contributed by atoms with Crippen LogP contribution in [0.5, 0.6) is 11.5 Å². The van der Waals surface area contributed by atoms with Crippen LogP contribution in [0.1, 0.15) is 43.2 Å². The minimum atomic E-state index is -0.743. The highest BCUT2D eigenvalue weighted by atomic mass is 35.5. The Kier molecular flexibility index (Phi) is 4.20. The fraction of sp³-hybridized carbons (Fsp3) is 0.625. The van der Waals surface area contributed by atoms with Gasteiger partial charge < -0.3 is 15.2 Å². The van der Waals surface area contributed by atoms with E-state index in [2.05, 4.69) is 22.9 Å². The van der Waals surface area contributed by atoms with Crippen LogP contribution in [-0.2, 0) is 16.6 Å². The fourth-order valence-electron chi connectivity index (χ4n) is 7.00. The van der Waals surface area contributed by atoms with Crippen LogP contribution in [0.25, 0.3) is 0 Å². The van der Waals surface area contributed by atoms with Crippen LogP contribution < -0.4 is 10.1 Å². The van der Waals surface area contributed by atoms with Crippen LogP contribution in [0.3, 0.4) is 0 Å². The normalized spacial score (nSPS) is 37.1. The standard InChI is InChI=1S/C24H29ClN2O3/c1-2-16(25)23(29)26-17-7-6-15-18-11-14-5-8-19(28)21-20(14)24(15,22(17)30-21)9-10-27(18)12-13-3-4-13/h2,5,8,13,15-18,22,28H,1,3-4,6-7,9-12H2,(H,26,29)/t15?,16?,17-,18-,22+,24+/m1/s1. The summed E-state index contributed by atoms with van der Waals surface area (Å²) < 4.78 is 6.51. The first-order valence-corrected chi connectivity index (χ1v) is 11.8. The summed E-state index contributed by atoms with van der Waals surface area (Å²) in [5.41, 5.74) is 2.42. The van der Waals surface area contributed by atoms with Crippen LogP contribution >= 0.6 is 11.6 Å². The van der Waals surface area contributed by atoms with Gasteiger partial charge in [-0.15, -0.1) is 18.2 Å². The Morgan fingerprint density at radius 2 is 2.23 bits per heavy atom. The monoisotopic (exact) mass is 428 g/mol. The lowest BCUT2D eigenvalue weighted by Crippen LogP contribution is -2.69. The number of benzene rings is 1. The summed E-state index contributed by atoms with van der Waals surface area (Å²) in [5, 5.41) is 13.0. The highest BCUT2D eigenvalue weighted by Crippen LogP contribution is 2.64. The van der Waals surface area contributed by atoms with E-state index >= 15 is 0 Å². The van der Waals surface area contributed by atoms with Crippen molar-refractivity contribution in [2.45, 2.75) is 67.5 Å². The molecular formula is C24H29ClN2O3. The average molecular weight is 429 g/mol. The fourth-order valence-corrected chi connectivity index (χ4v) is 7.07. The second kappa shape index (κ2) is 6.64. The first kappa shape index (κ1) is 19.0. The molecule has 2 aliphatic heterocycles. The topological polar surface area (TPSA) is 61.8 Å². The number of nitrogens with zero attached hydrogens (tertiary/aromatic N) is 1. The van der Waals surface area contributed by atoms with E-state index in [0.717, 1.165) is 38.1 Å². The summed E-state index contributed by atoms with van der Waals surface area (Å²) in [6.45, 7) is 5.93. The predicted molar refractivity (Wildman–Crippen MR) is 115 cm³/mol. The summed E-state index contributed by atoms with van der Waals surface area (Å²) in [7, 11) is 0. The molecule has 5 aliphatic rings. The lowest BCUT2D eigenvalue weighted by molar-refractivity contribution is -0.123. The van der Waals surface area contributed by atoms with E-state index in [1.807, 2.05) is 0 Å². The van der Waals surface area contributed by atoms with Crippen molar-refractivity contribution in [3.05, 3.63) is 35.9 Å². The molecule has 2 bridgehead atoms. The van der Waals surface area contributed by atoms with Crippen LogP contribution in [0.2, 0.25) is 0 Å². The number of carbonyl (C=O) groups excluding carboxylic acids is 1. The molecule has 160 valence electrons. The molecule has 30 heavy (non-hydrogen) atoms. The van der Waals surface area contributed by atoms with Crippen molar-refractivity contribution in [2.75, 3.05) is 13.1 Å². The number of likely N-dealkylation sites (tertiary alicyclic amines) is 1. The molecule has 2 unspecified atom stereocenters. The van der Waals surface area contributed by atoms with Gasteiger partial charge in [0.2, 0.25) is 5.91 Å². The highest BCUT2D eigenvalue weighted by molar-refractivity contribution is 6.32. The Bertz CT molecular complexity index is 916. The molecule has 6 atom stereocenters. The second-order valence-corrected chi connectivity index (χ2v) is 10.4. The maximum Gasteiger partial charge on any atom is 0.242 e. The van der Waals surface area contributed by atoms with E-state index in [1.165, 1.54) is 36.6 Å². The number of phenols is 1. The molecule has 2 N–H and O–H groups in total. The molecular weight excluding hydrogens is 400 g/mol. The molecule has 1 aromatic rings. The maximum absolute atomic E-state index is 12.6. The van der Waals surface area contributed by atoms with Gasteiger partial charge in [0, 0.05) is 23.6 Å². The first-order valence-electron chi connectivity index (χ1n) is 11.4. The number of piperidine rings is 1. The van der Waals surface area contributed by atoms with Gasteiger partial charge in [0.25, 0.3) is 0 Å². The number of nitrogens with one attached hydrogen (secondary N) is 1. The number of amides is 1. The first-order chi connectivity index (χ1) is 14.5. The van der Waals surface area contributed by atoms with Gasteiger partial charge in [-0.25, -0.2) is 0 Å². The Balaban J connectivity index is 1.40. The highest BCUT2D eigenvalue weighted by Gasteiger charge is 2.66. The number of alkyl halides is 1. The van der Waals surface area contributed by atoms with Gasteiger partial charge in [-0.2, -0.15) is 0 Å². The minimum absolute atomic E-state index is 0.108. The van der Waals surface area contributed by atoms with Crippen molar-refractivity contribution in [3.63, 3.8) is 0 Å². The van der Waals surface area contributed by atoms with Crippen LogP contribution in [0, 0.1) is 11.8 Å². The van der Waals surface area contributed by atoms with Gasteiger partial charge in [-0.3, -0.25) is 9.69 Å². The van der Waals surface area contributed by atoms with E-state index in [1.54, 1.807) is 6.07 Å². The lowest BCUT2D eigenvalue weighted by atomic mass is 9.51. The van der Waals surface area contributed by atoms with Crippen molar-refractivity contribution in [1.29, 1.82) is 0 Å². The number of rotatable bonds is 5. The van der Waals surface area contributed by atoms with Crippen molar-refractivity contribution < 1.29 is 14.6 Å². The van der Waals surface area contributed by atoms with E-state index in [0.29, 0.717) is 17.7 Å². The zero-order valence-corrected chi connectivity index (χ0v) is 17.9. The molecule has 6 rings (SSSR count). The molecule has 3 fully saturated rings. The summed E-state index contributed by atoms with van der Waals surface area (Å²) >= 11 is 6.12. The molecule has 5 nitrogen and oxygen atoms in total. The van der Waals surface area contributed by atoms with Gasteiger partial charge in [-0.1, -0.05) is 12.1 Å². The lowest BCUT2D eigenvalue weighted by Gasteiger charge is -2.59. The van der Waals surface area contributed by atoms with Crippen LogP contribution in [0.15, 0.2) is 24.8 Å². The summed E-state index contributed by atoms with van der Waals surface area (Å²) in [5.74, 6) is 2.05. The van der Waals surface area contributed by atoms with Crippen molar-refractivity contribution >= 4 is 17.5 Å². The molecule has 2 heterocycles. The molecule has 1 aromatic carbocycles. The van der Waals surface area contributed by atoms with E-state index in [9.17, 15) is 9.90 Å². The number of aromatic hydroxyl groups is 1. The zero-order chi connectivity index (χ0) is 20.6. The second-order valence-electron chi connectivity index (χ2n) is 9.92.